The van der Waals surface area contributed by atoms with Crippen LogP contribution in [0.4, 0.5) is 21.9 Å². The fraction of sp³-hybridized carbons (Fsp3) is 0.0500. The molecule has 1 heterocycles. The minimum Gasteiger partial charge on any atom is -0.459 e. The van der Waals surface area contributed by atoms with Crippen LogP contribution >= 0.6 is 0 Å². The Kier molecular flexibility index (Phi) is 5.71. The Morgan fingerprint density at radius 2 is 1.43 bits per heavy atom. The molecule has 1 aromatic heterocycles. The van der Waals surface area contributed by atoms with Crippen LogP contribution in [0.1, 0.15) is 20.9 Å². The summed E-state index contributed by atoms with van der Waals surface area (Å²) in [5.74, 6) is -0.490. The number of nitrogens with one attached hydrogen (secondary N) is 4. The molecule has 3 aromatic rings. The second-order valence-corrected chi connectivity index (χ2v) is 5.75. The molecule has 4 amide bonds. The lowest BCUT2D eigenvalue weighted by Crippen LogP contribution is -2.24. The maximum absolute atomic E-state index is 12.4. The molecule has 4 N–H and O–H groups in total. The van der Waals surface area contributed by atoms with Crippen LogP contribution in [-0.2, 0) is 0 Å². The standard InChI is InChI=1S/C20H18N4O4/c1-21-20(27)24-16-5-2-4-15(12-16)23-18(25)13-7-9-14(10-8-13)22-19(26)17-6-3-11-28-17/h2-12H,1H3,(H,22,26)(H,23,25)(H2,21,24,27). The van der Waals surface area contributed by atoms with E-state index in [9.17, 15) is 14.4 Å². The van der Waals surface area contributed by atoms with Crippen LogP contribution in [-0.4, -0.2) is 24.9 Å². The SMILES string of the molecule is CNC(=O)Nc1cccc(NC(=O)c2ccc(NC(=O)c3ccco3)cc2)c1. The summed E-state index contributed by atoms with van der Waals surface area (Å²) >= 11 is 0. The van der Waals surface area contributed by atoms with Gasteiger partial charge < -0.3 is 25.7 Å². The van der Waals surface area contributed by atoms with Crippen molar-refractivity contribution in [3.8, 4) is 0 Å². The summed E-state index contributed by atoms with van der Waals surface area (Å²) in [6.07, 6.45) is 1.42. The molecule has 8 nitrogen and oxygen atoms in total. The van der Waals surface area contributed by atoms with Gasteiger partial charge in [-0.15, -0.1) is 0 Å². The zero-order chi connectivity index (χ0) is 19.9. The molecule has 0 radical (unpaired) electrons. The summed E-state index contributed by atoms with van der Waals surface area (Å²) in [7, 11) is 1.52. The van der Waals surface area contributed by atoms with Crippen molar-refractivity contribution in [1.82, 2.24) is 5.32 Å². The van der Waals surface area contributed by atoms with Crippen molar-refractivity contribution < 1.29 is 18.8 Å². The molecule has 0 unspecified atom stereocenters. The van der Waals surface area contributed by atoms with Gasteiger partial charge in [0, 0.05) is 29.7 Å². The molecular weight excluding hydrogens is 360 g/mol. The third kappa shape index (κ3) is 4.76. The smallest absolute Gasteiger partial charge is 0.318 e. The number of amides is 4. The van der Waals surface area contributed by atoms with Crippen molar-refractivity contribution in [2.45, 2.75) is 0 Å². The van der Waals surface area contributed by atoms with Crippen LogP contribution < -0.4 is 21.3 Å². The number of rotatable bonds is 5. The number of urea groups is 1. The summed E-state index contributed by atoms with van der Waals surface area (Å²) < 4.78 is 5.03. The first-order chi connectivity index (χ1) is 13.5. The Hall–Kier alpha value is -4.07. The quantitative estimate of drug-likeness (QED) is 0.544. The highest BCUT2D eigenvalue weighted by molar-refractivity contribution is 6.06. The van der Waals surface area contributed by atoms with E-state index in [0.717, 1.165) is 0 Å². The third-order valence-corrected chi connectivity index (χ3v) is 3.76. The van der Waals surface area contributed by atoms with E-state index in [-0.39, 0.29) is 23.6 Å². The van der Waals surface area contributed by atoms with E-state index < -0.39 is 0 Å². The number of furan rings is 1. The van der Waals surface area contributed by atoms with Gasteiger partial charge in [0.1, 0.15) is 0 Å². The zero-order valence-electron chi connectivity index (χ0n) is 15.0. The van der Waals surface area contributed by atoms with Crippen LogP contribution in [0.5, 0.6) is 0 Å². The molecule has 0 aliphatic rings. The molecule has 2 aromatic carbocycles. The second kappa shape index (κ2) is 8.54. The monoisotopic (exact) mass is 378 g/mol. The van der Waals surface area contributed by atoms with Gasteiger partial charge >= 0.3 is 6.03 Å². The third-order valence-electron chi connectivity index (χ3n) is 3.76. The predicted molar refractivity (Wildman–Crippen MR) is 106 cm³/mol. The van der Waals surface area contributed by atoms with E-state index in [0.29, 0.717) is 22.6 Å². The van der Waals surface area contributed by atoms with Crippen molar-refractivity contribution in [3.63, 3.8) is 0 Å². The molecule has 0 fully saturated rings. The van der Waals surface area contributed by atoms with Gasteiger partial charge in [0.15, 0.2) is 5.76 Å². The second-order valence-electron chi connectivity index (χ2n) is 5.75. The molecule has 0 bridgehead atoms. The predicted octanol–water partition coefficient (Wildman–Crippen LogP) is 3.54. The fourth-order valence-corrected chi connectivity index (χ4v) is 2.38. The molecule has 8 heteroatoms. The van der Waals surface area contributed by atoms with Gasteiger partial charge in [0.25, 0.3) is 11.8 Å². The summed E-state index contributed by atoms with van der Waals surface area (Å²) in [4.78, 5) is 35.7. The molecule has 0 atom stereocenters. The summed E-state index contributed by atoms with van der Waals surface area (Å²) in [5.41, 5.74) is 2.04. The van der Waals surface area contributed by atoms with Crippen molar-refractivity contribution in [2.75, 3.05) is 23.0 Å². The lowest BCUT2D eigenvalue weighted by molar-refractivity contribution is 0.0995. The van der Waals surface area contributed by atoms with Crippen LogP contribution in [0, 0.1) is 0 Å². The van der Waals surface area contributed by atoms with Gasteiger partial charge in [0.05, 0.1) is 6.26 Å². The van der Waals surface area contributed by atoms with Crippen molar-refractivity contribution in [2.24, 2.45) is 0 Å². The Bertz CT molecular complexity index is 982. The van der Waals surface area contributed by atoms with Crippen molar-refractivity contribution in [1.29, 1.82) is 0 Å². The van der Waals surface area contributed by atoms with E-state index in [4.69, 9.17) is 4.42 Å². The fourth-order valence-electron chi connectivity index (χ4n) is 2.38. The first-order valence-corrected chi connectivity index (χ1v) is 8.40. The van der Waals surface area contributed by atoms with Crippen LogP contribution in [0.25, 0.3) is 0 Å². The van der Waals surface area contributed by atoms with Crippen LogP contribution in [0.15, 0.2) is 71.3 Å². The van der Waals surface area contributed by atoms with Gasteiger partial charge in [-0.1, -0.05) is 6.07 Å². The number of carbonyl (C=O) groups is 3. The van der Waals surface area contributed by atoms with E-state index in [2.05, 4.69) is 21.3 Å². The summed E-state index contributed by atoms with van der Waals surface area (Å²) in [6.45, 7) is 0. The van der Waals surface area contributed by atoms with Gasteiger partial charge in [-0.05, 0) is 54.6 Å². The molecule has 0 spiro atoms. The molecule has 0 aliphatic carbocycles. The molecule has 28 heavy (non-hydrogen) atoms. The number of anilines is 3. The maximum Gasteiger partial charge on any atom is 0.318 e. The van der Waals surface area contributed by atoms with Crippen molar-refractivity contribution in [3.05, 3.63) is 78.3 Å². The largest absolute Gasteiger partial charge is 0.459 e. The van der Waals surface area contributed by atoms with Crippen LogP contribution in [0.2, 0.25) is 0 Å². The molecule has 142 valence electrons. The lowest BCUT2D eigenvalue weighted by Gasteiger charge is -2.09. The average Bonchev–Trinajstić information content (AvgIpc) is 3.23. The molecule has 3 rings (SSSR count). The van der Waals surface area contributed by atoms with E-state index >= 15 is 0 Å². The maximum atomic E-state index is 12.4. The molecule has 0 saturated heterocycles. The molecule has 0 saturated carbocycles. The van der Waals surface area contributed by atoms with Gasteiger partial charge in [-0.3, -0.25) is 9.59 Å². The Balaban J connectivity index is 1.62. The van der Waals surface area contributed by atoms with Crippen LogP contribution in [0.3, 0.4) is 0 Å². The Morgan fingerprint density at radius 3 is 2.07 bits per heavy atom. The van der Waals surface area contributed by atoms with Crippen molar-refractivity contribution >= 4 is 34.9 Å². The summed E-state index contributed by atoms with van der Waals surface area (Å²) in [5, 5.41) is 10.5. The van der Waals surface area contributed by atoms with E-state index in [1.54, 1.807) is 60.7 Å². The number of hydrogen-bond acceptors (Lipinski definition) is 4. The highest BCUT2D eigenvalue weighted by Gasteiger charge is 2.10. The lowest BCUT2D eigenvalue weighted by atomic mass is 10.2. The zero-order valence-corrected chi connectivity index (χ0v) is 15.0. The minimum atomic E-state index is -0.373. The first-order valence-electron chi connectivity index (χ1n) is 8.40. The van der Waals surface area contributed by atoms with Gasteiger partial charge in [-0.2, -0.15) is 0 Å². The number of carbonyl (C=O) groups excluding carboxylic acids is 3. The highest BCUT2D eigenvalue weighted by atomic mass is 16.3. The number of hydrogen-bond donors (Lipinski definition) is 4. The normalized spacial score (nSPS) is 10.0. The van der Waals surface area contributed by atoms with Gasteiger partial charge in [-0.25, -0.2) is 4.79 Å². The summed E-state index contributed by atoms with van der Waals surface area (Å²) in [6, 6.07) is 16.1. The first kappa shape index (κ1) is 18.7. The Morgan fingerprint density at radius 1 is 0.750 bits per heavy atom. The van der Waals surface area contributed by atoms with E-state index in [1.165, 1.54) is 13.3 Å². The molecule has 0 aliphatic heterocycles. The topological polar surface area (TPSA) is 112 Å². The van der Waals surface area contributed by atoms with E-state index in [1.807, 2.05) is 0 Å². The molecular formula is C20H18N4O4. The highest BCUT2D eigenvalue weighted by Crippen LogP contribution is 2.17. The Labute approximate surface area is 160 Å². The minimum absolute atomic E-state index is 0.201. The van der Waals surface area contributed by atoms with Gasteiger partial charge in [0.2, 0.25) is 0 Å². The average molecular weight is 378 g/mol. The number of benzene rings is 2.